The van der Waals surface area contributed by atoms with Crippen molar-refractivity contribution >= 4 is 76.7 Å². The summed E-state index contributed by atoms with van der Waals surface area (Å²) in [6, 6.07) is 0. The van der Waals surface area contributed by atoms with Crippen molar-refractivity contribution in [3.05, 3.63) is 22.8 Å². The Balaban J connectivity index is 3.12. The Bertz CT molecular complexity index is 933. The molecule has 0 spiro atoms. The lowest BCUT2D eigenvalue weighted by Crippen LogP contribution is -2.63. The van der Waals surface area contributed by atoms with Crippen LogP contribution < -0.4 is 5.73 Å². The number of halogens is 3. The number of hydrogen-bond donors (Lipinski definition) is 1. The maximum atomic E-state index is 13.1. The molecule has 2 unspecified atom stereocenters. The number of β-lactam (4-membered cyclic amide) rings is 1. The predicted molar refractivity (Wildman–Crippen MR) is 130 cm³/mol. The summed E-state index contributed by atoms with van der Waals surface area (Å²) >= 11 is 17.6. The summed E-state index contributed by atoms with van der Waals surface area (Å²) in [5.41, 5.74) is 5.24. The summed E-state index contributed by atoms with van der Waals surface area (Å²) < 4.78 is 22.3. The van der Waals surface area contributed by atoms with Crippen molar-refractivity contribution in [3.8, 4) is 0 Å². The molecule has 3 atom stereocenters. The van der Waals surface area contributed by atoms with Gasteiger partial charge in [0, 0.05) is 11.8 Å². The summed E-state index contributed by atoms with van der Waals surface area (Å²) in [6.07, 6.45) is -3.29. The number of rotatable bonds is 11. The number of carbonyl (C=O) groups is 5. The lowest BCUT2D eigenvalue weighted by Gasteiger charge is -2.48. The molecule has 0 bridgehead atoms. The van der Waals surface area contributed by atoms with E-state index in [4.69, 9.17) is 59.5 Å². The minimum absolute atomic E-state index is 0.129. The minimum atomic E-state index is -1.87. The van der Waals surface area contributed by atoms with E-state index in [1.165, 1.54) is 6.92 Å². The number of nitrogens with zero attached hydrogens (tertiary/aromatic N) is 1. The second kappa shape index (κ2) is 13.8. The Hall–Kier alpha value is -2.35. The Morgan fingerprint density at radius 3 is 2.22 bits per heavy atom. The van der Waals surface area contributed by atoms with Gasteiger partial charge in [-0.15, -0.1) is 11.8 Å². The number of ether oxygens (including phenoxy) is 5. The first kappa shape index (κ1) is 31.7. The highest BCUT2D eigenvalue weighted by atomic mass is 35.6. The van der Waals surface area contributed by atoms with Crippen LogP contribution in [0.2, 0.25) is 0 Å². The third-order valence-corrected chi connectivity index (χ3v) is 5.77. The molecule has 2 amide bonds. The SMILES string of the molecule is C=C(COC(N)=O)SC1C([C@@H](C)OC(=O)OCC(Cl)(Cl)Cl)C(=O)N1C(C(=O)OCOC(C)=O)=C(C)C. The molecule has 12 nitrogen and oxygen atoms in total. The number of allylic oxidation sites excluding steroid dienone is 1. The first-order valence-corrected chi connectivity index (χ1v) is 12.0. The molecule has 202 valence electrons. The van der Waals surface area contributed by atoms with E-state index in [9.17, 15) is 24.0 Å². The number of esters is 2. The van der Waals surface area contributed by atoms with Gasteiger partial charge in [-0.25, -0.2) is 14.4 Å². The van der Waals surface area contributed by atoms with Crippen LogP contribution in [0.15, 0.2) is 22.8 Å². The highest BCUT2D eigenvalue weighted by Gasteiger charge is 2.55. The number of thioether (sulfide) groups is 1. The number of nitrogens with two attached hydrogens (primary N) is 1. The average Bonchev–Trinajstić information content (AvgIpc) is 2.72. The van der Waals surface area contributed by atoms with E-state index in [-0.39, 0.29) is 17.2 Å². The zero-order valence-electron chi connectivity index (χ0n) is 19.7. The largest absolute Gasteiger partial charge is 0.508 e. The van der Waals surface area contributed by atoms with E-state index >= 15 is 0 Å². The monoisotopic (exact) mass is 590 g/mol. The fraction of sp³-hybridized carbons (Fsp3) is 0.550. The minimum Gasteiger partial charge on any atom is -0.444 e. The van der Waals surface area contributed by atoms with Gasteiger partial charge in [0.05, 0.1) is 0 Å². The number of carbonyl (C=O) groups excluding carboxylic acids is 5. The molecule has 0 saturated carbocycles. The molecule has 0 aliphatic carbocycles. The van der Waals surface area contributed by atoms with Crippen molar-refractivity contribution in [2.75, 3.05) is 20.0 Å². The molecular formula is C20H25Cl3N2O10S. The molecule has 0 radical (unpaired) electrons. The van der Waals surface area contributed by atoms with Crippen molar-refractivity contribution < 1.29 is 47.7 Å². The fourth-order valence-electron chi connectivity index (χ4n) is 2.82. The molecular weight excluding hydrogens is 567 g/mol. The third kappa shape index (κ3) is 9.96. The predicted octanol–water partition coefficient (Wildman–Crippen LogP) is 3.38. The average molecular weight is 592 g/mol. The Morgan fingerprint density at radius 2 is 1.72 bits per heavy atom. The van der Waals surface area contributed by atoms with Gasteiger partial charge in [-0.2, -0.15) is 0 Å². The van der Waals surface area contributed by atoms with E-state index < -0.39 is 64.7 Å². The van der Waals surface area contributed by atoms with Crippen molar-refractivity contribution in [2.45, 2.75) is 43.0 Å². The van der Waals surface area contributed by atoms with Crippen molar-refractivity contribution in [1.82, 2.24) is 4.90 Å². The summed E-state index contributed by atoms with van der Waals surface area (Å²) in [5, 5.41) is -0.858. The molecule has 36 heavy (non-hydrogen) atoms. The Labute approximate surface area is 226 Å². The molecule has 1 aliphatic rings. The van der Waals surface area contributed by atoms with Crippen LogP contribution in [0.4, 0.5) is 9.59 Å². The molecule has 16 heteroatoms. The quantitative estimate of drug-likeness (QED) is 0.0936. The topological polar surface area (TPSA) is 161 Å². The van der Waals surface area contributed by atoms with Crippen LogP contribution in [-0.4, -0.2) is 70.3 Å². The van der Waals surface area contributed by atoms with E-state index in [0.29, 0.717) is 5.57 Å². The number of primary amides is 1. The van der Waals surface area contributed by atoms with Gasteiger partial charge in [-0.1, -0.05) is 41.4 Å². The number of amides is 2. The van der Waals surface area contributed by atoms with Crippen molar-refractivity contribution in [2.24, 2.45) is 11.7 Å². The summed E-state index contributed by atoms with van der Waals surface area (Å²) in [4.78, 5) is 61.1. The van der Waals surface area contributed by atoms with Crippen molar-refractivity contribution in [3.63, 3.8) is 0 Å². The lowest BCUT2D eigenvalue weighted by molar-refractivity contribution is -0.169. The Morgan fingerprint density at radius 1 is 1.11 bits per heavy atom. The smallest absolute Gasteiger partial charge is 0.444 e. The second-order valence-corrected chi connectivity index (χ2v) is 11.2. The molecule has 1 aliphatic heterocycles. The van der Waals surface area contributed by atoms with E-state index in [1.54, 1.807) is 13.8 Å². The summed E-state index contributed by atoms with van der Waals surface area (Å²) in [5.74, 6) is -3.20. The van der Waals surface area contributed by atoms with E-state index in [2.05, 4.69) is 11.3 Å². The first-order chi connectivity index (χ1) is 16.5. The van der Waals surface area contributed by atoms with Crippen LogP contribution in [0.5, 0.6) is 0 Å². The summed E-state index contributed by atoms with van der Waals surface area (Å²) in [6.45, 7) is 7.89. The van der Waals surface area contributed by atoms with E-state index in [1.807, 2.05) is 0 Å². The van der Waals surface area contributed by atoms with Gasteiger partial charge in [0.15, 0.2) is 0 Å². The first-order valence-electron chi connectivity index (χ1n) is 10.0. The molecule has 1 fully saturated rings. The van der Waals surface area contributed by atoms with Gasteiger partial charge >= 0.3 is 24.2 Å². The standard InChI is InChI=1S/C20H25Cl3N2O10S/c1-9(2)14(17(28)34-8-33-12(5)26)25-15(27)13(16(25)36-10(3)6-31-18(24)29)11(4)35-19(30)32-7-20(21,22)23/h11,13,16H,3,6-8H2,1-2,4-5H3,(H2,24,29)/t11-,13?,16?/m1/s1. The highest BCUT2D eigenvalue weighted by Crippen LogP contribution is 2.44. The van der Waals surface area contributed by atoms with Crippen LogP contribution >= 0.6 is 46.6 Å². The normalized spacial score (nSPS) is 17.8. The van der Waals surface area contributed by atoms with Gasteiger partial charge in [0.2, 0.25) is 16.5 Å². The van der Waals surface area contributed by atoms with Crippen LogP contribution in [-0.2, 0) is 38.1 Å². The number of hydrogen-bond acceptors (Lipinski definition) is 11. The zero-order valence-corrected chi connectivity index (χ0v) is 22.8. The van der Waals surface area contributed by atoms with Gasteiger partial charge in [-0.05, 0) is 26.3 Å². The number of likely N-dealkylation sites (tertiary alicyclic amines) is 1. The molecule has 1 rings (SSSR count). The van der Waals surface area contributed by atoms with E-state index in [0.717, 1.165) is 23.6 Å². The second-order valence-electron chi connectivity index (χ2n) is 7.40. The maximum Gasteiger partial charge on any atom is 0.508 e. The number of alkyl halides is 3. The molecule has 0 aromatic rings. The van der Waals surface area contributed by atoms with Gasteiger partial charge < -0.3 is 29.4 Å². The maximum absolute atomic E-state index is 13.1. The van der Waals surface area contributed by atoms with Gasteiger partial charge in [-0.3, -0.25) is 14.5 Å². The van der Waals surface area contributed by atoms with Crippen LogP contribution in [0.1, 0.15) is 27.7 Å². The molecule has 0 aromatic heterocycles. The van der Waals surface area contributed by atoms with Crippen LogP contribution in [0, 0.1) is 5.92 Å². The third-order valence-electron chi connectivity index (χ3n) is 4.25. The van der Waals surface area contributed by atoms with Crippen LogP contribution in [0.3, 0.4) is 0 Å². The zero-order chi connectivity index (χ0) is 27.8. The molecule has 2 N–H and O–H groups in total. The Kier molecular flexibility index (Phi) is 12.2. The fourth-order valence-corrected chi connectivity index (χ4v) is 4.25. The molecule has 0 aromatic carbocycles. The summed E-state index contributed by atoms with van der Waals surface area (Å²) in [7, 11) is 0. The molecule has 1 saturated heterocycles. The molecule has 1 heterocycles. The van der Waals surface area contributed by atoms with Gasteiger partial charge in [0.25, 0.3) is 0 Å². The van der Waals surface area contributed by atoms with Crippen LogP contribution in [0.25, 0.3) is 0 Å². The van der Waals surface area contributed by atoms with Gasteiger partial charge in [0.1, 0.15) is 36.3 Å². The highest BCUT2D eigenvalue weighted by molar-refractivity contribution is 8.03. The van der Waals surface area contributed by atoms with Crippen molar-refractivity contribution in [1.29, 1.82) is 0 Å². The lowest BCUT2D eigenvalue weighted by atomic mass is 9.91.